The van der Waals surface area contributed by atoms with Crippen LogP contribution in [0.25, 0.3) is 0 Å². The fourth-order valence-corrected chi connectivity index (χ4v) is 2.37. The first-order valence-electron chi connectivity index (χ1n) is 7.84. The van der Waals surface area contributed by atoms with E-state index in [4.69, 9.17) is 16.3 Å². The average molecular weight is 360 g/mol. The molecule has 0 unspecified atom stereocenters. The normalized spacial score (nSPS) is 10.6. The number of nitrogens with one attached hydrogen (secondary N) is 1. The first-order valence-corrected chi connectivity index (χ1v) is 8.22. The number of ether oxygens (including phenoxy) is 1. The quantitative estimate of drug-likeness (QED) is 0.704. The van der Waals surface area contributed by atoms with Gasteiger partial charge in [0.1, 0.15) is 5.75 Å². The summed E-state index contributed by atoms with van der Waals surface area (Å²) >= 11 is 5.80. The van der Waals surface area contributed by atoms with E-state index in [1.54, 1.807) is 41.3 Å². The molecule has 0 spiro atoms. The van der Waals surface area contributed by atoms with Crippen molar-refractivity contribution in [2.45, 2.75) is 20.0 Å². The Bertz CT molecular complexity index is 841. The number of aryl methyl sites for hydroxylation is 1. The molecular weight excluding hydrogens is 342 g/mol. The van der Waals surface area contributed by atoms with Gasteiger partial charge in [0.15, 0.2) is 6.61 Å². The minimum Gasteiger partial charge on any atom is -0.484 e. The molecule has 1 aromatic carbocycles. The van der Waals surface area contributed by atoms with Crippen molar-refractivity contribution in [2.75, 3.05) is 11.9 Å². The molecule has 0 radical (unpaired) electrons. The molecule has 2 heterocycles. The van der Waals surface area contributed by atoms with E-state index in [0.717, 1.165) is 12.1 Å². The van der Waals surface area contributed by atoms with E-state index in [1.165, 1.54) is 0 Å². The minimum atomic E-state index is -0.256. The molecule has 0 bridgehead atoms. The molecule has 25 heavy (non-hydrogen) atoms. The van der Waals surface area contributed by atoms with Crippen LogP contribution in [0.15, 0.2) is 49.1 Å². The number of hydrogen-bond donors (Lipinski definition) is 1. The van der Waals surface area contributed by atoms with Gasteiger partial charge in [-0.05, 0) is 31.2 Å². The van der Waals surface area contributed by atoms with Crippen LogP contribution in [0.1, 0.15) is 12.5 Å². The van der Waals surface area contributed by atoms with E-state index in [2.05, 4.69) is 15.5 Å². The van der Waals surface area contributed by atoms with Crippen LogP contribution in [0.4, 0.5) is 5.69 Å². The Morgan fingerprint density at radius 3 is 2.64 bits per heavy atom. The predicted octanol–water partition coefficient (Wildman–Crippen LogP) is 2.82. The van der Waals surface area contributed by atoms with E-state index < -0.39 is 0 Å². The van der Waals surface area contributed by atoms with Gasteiger partial charge >= 0.3 is 0 Å². The molecular formula is C17H18ClN5O2. The minimum absolute atomic E-state index is 0.0872. The van der Waals surface area contributed by atoms with Crippen LogP contribution in [0.3, 0.4) is 0 Å². The van der Waals surface area contributed by atoms with Crippen molar-refractivity contribution >= 4 is 23.2 Å². The number of amides is 1. The van der Waals surface area contributed by atoms with Crippen molar-refractivity contribution in [1.29, 1.82) is 0 Å². The highest BCUT2D eigenvalue weighted by Crippen LogP contribution is 2.15. The van der Waals surface area contributed by atoms with Gasteiger partial charge in [0.25, 0.3) is 5.91 Å². The molecule has 0 aliphatic carbocycles. The first-order chi connectivity index (χ1) is 12.1. The Hall–Kier alpha value is -2.80. The van der Waals surface area contributed by atoms with Crippen LogP contribution >= 0.6 is 11.6 Å². The van der Waals surface area contributed by atoms with Gasteiger partial charge < -0.3 is 10.1 Å². The third-order valence-corrected chi connectivity index (χ3v) is 3.71. The summed E-state index contributed by atoms with van der Waals surface area (Å²) in [4.78, 5) is 11.9. The molecule has 2 aromatic heterocycles. The molecule has 7 nitrogen and oxygen atoms in total. The Morgan fingerprint density at radius 1 is 1.16 bits per heavy atom. The molecule has 0 aliphatic rings. The van der Waals surface area contributed by atoms with Gasteiger partial charge in [-0.3, -0.25) is 14.2 Å². The Labute approximate surface area is 150 Å². The summed E-state index contributed by atoms with van der Waals surface area (Å²) in [6, 6.07) is 6.84. The average Bonchev–Trinajstić information content (AvgIpc) is 3.24. The van der Waals surface area contributed by atoms with Gasteiger partial charge in [0.2, 0.25) is 0 Å². The predicted molar refractivity (Wildman–Crippen MR) is 94.8 cm³/mol. The van der Waals surface area contributed by atoms with Gasteiger partial charge in [-0.1, -0.05) is 11.6 Å². The Morgan fingerprint density at radius 2 is 1.92 bits per heavy atom. The zero-order valence-electron chi connectivity index (χ0n) is 13.7. The smallest absolute Gasteiger partial charge is 0.262 e. The van der Waals surface area contributed by atoms with Crippen LogP contribution in [0.2, 0.25) is 5.02 Å². The van der Waals surface area contributed by atoms with Crippen molar-refractivity contribution < 1.29 is 9.53 Å². The summed E-state index contributed by atoms with van der Waals surface area (Å²) < 4.78 is 9.00. The van der Waals surface area contributed by atoms with Crippen LogP contribution in [-0.4, -0.2) is 32.1 Å². The third kappa shape index (κ3) is 4.84. The lowest BCUT2D eigenvalue weighted by Crippen LogP contribution is -2.19. The molecule has 0 aliphatic heterocycles. The first kappa shape index (κ1) is 17.0. The number of carbonyl (C=O) groups is 1. The molecule has 130 valence electrons. The summed E-state index contributed by atoms with van der Waals surface area (Å²) in [7, 11) is 0. The summed E-state index contributed by atoms with van der Waals surface area (Å²) in [5, 5.41) is 11.8. The maximum Gasteiger partial charge on any atom is 0.262 e. The number of benzene rings is 1. The van der Waals surface area contributed by atoms with Gasteiger partial charge in [-0.25, -0.2) is 0 Å². The van der Waals surface area contributed by atoms with Crippen LogP contribution in [0.5, 0.6) is 5.75 Å². The van der Waals surface area contributed by atoms with E-state index in [1.807, 2.05) is 24.0 Å². The summed E-state index contributed by atoms with van der Waals surface area (Å²) in [6.45, 7) is 3.37. The standard InChI is InChI=1S/C17H18ClN5O2/c1-2-22-9-13(7-19-22)10-23-11-15(8-20-23)21-17(24)12-25-16-5-3-14(18)4-6-16/h3-9,11H,2,10,12H2,1H3,(H,21,24). The fraction of sp³-hybridized carbons (Fsp3) is 0.235. The second kappa shape index (κ2) is 7.85. The third-order valence-electron chi connectivity index (χ3n) is 3.46. The lowest BCUT2D eigenvalue weighted by atomic mass is 10.3. The zero-order chi connectivity index (χ0) is 17.6. The second-order valence-electron chi connectivity index (χ2n) is 5.42. The van der Waals surface area contributed by atoms with E-state index in [0.29, 0.717) is 23.0 Å². The molecule has 0 atom stereocenters. The van der Waals surface area contributed by atoms with Crippen molar-refractivity contribution in [3.8, 4) is 5.75 Å². The Kier molecular flexibility index (Phi) is 5.35. The van der Waals surface area contributed by atoms with E-state index in [-0.39, 0.29) is 12.5 Å². The highest BCUT2D eigenvalue weighted by molar-refractivity contribution is 6.30. The molecule has 3 rings (SSSR count). The molecule has 0 fully saturated rings. The van der Waals surface area contributed by atoms with Gasteiger partial charge in [-0.2, -0.15) is 10.2 Å². The maximum atomic E-state index is 11.9. The highest BCUT2D eigenvalue weighted by Gasteiger charge is 2.07. The number of aromatic nitrogens is 4. The van der Waals surface area contributed by atoms with Gasteiger partial charge in [0, 0.05) is 29.5 Å². The summed E-state index contributed by atoms with van der Waals surface area (Å²) in [6.07, 6.45) is 7.15. The number of hydrogen-bond acceptors (Lipinski definition) is 4. The number of halogens is 1. The van der Waals surface area contributed by atoms with Crippen molar-refractivity contribution in [3.63, 3.8) is 0 Å². The summed E-state index contributed by atoms with van der Waals surface area (Å²) in [5.41, 5.74) is 1.67. The van der Waals surface area contributed by atoms with E-state index >= 15 is 0 Å². The number of carbonyl (C=O) groups excluding carboxylic acids is 1. The van der Waals surface area contributed by atoms with Crippen molar-refractivity contribution in [1.82, 2.24) is 19.6 Å². The lowest BCUT2D eigenvalue weighted by molar-refractivity contribution is -0.118. The van der Waals surface area contributed by atoms with Crippen LogP contribution in [-0.2, 0) is 17.9 Å². The van der Waals surface area contributed by atoms with Crippen LogP contribution in [0, 0.1) is 0 Å². The fourth-order valence-electron chi connectivity index (χ4n) is 2.24. The maximum absolute atomic E-state index is 11.9. The second-order valence-corrected chi connectivity index (χ2v) is 5.86. The van der Waals surface area contributed by atoms with Crippen molar-refractivity contribution in [3.05, 3.63) is 59.6 Å². The number of nitrogens with zero attached hydrogens (tertiary/aromatic N) is 4. The zero-order valence-corrected chi connectivity index (χ0v) is 14.5. The van der Waals surface area contributed by atoms with Gasteiger partial charge in [-0.15, -0.1) is 0 Å². The SMILES string of the molecule is CCn1cc(Cn2cc(NC(=O)COc3ccc(Cl)cc3)cn2)cn1. The van der Waals surface area contributed by atoms with E-state index in [9.17, 15) is 4.79 Å². The summed E-state index contributed by atoms with van der Waals surface area (Å²) in [5.74, 6) is 0.330. The monoisotopic (exact) mass is 359 g/mol. The molecule has 8 heteroatoms. The molecule has 0 saturated carbocycles. The molecule has 1 N–H and O–H groups in total. The molecule has 1 amide bonds. The lowest BCUT2D eigenvalue weighted by Gasteiger charge is -2.06. The highest BCUT2D eigenvalue weighted by atomic mass is 35.5. The Balaban J connectivity index is 1.50. The van der Waals surface area contributed by atoms with Crippen LogP contribution < -0.4 is 10.1 Å². The van der Waals surface area contributed by atoms with Gasteiger partial charge in [0.05, 0.1) is 24.6 Å². The largest absolute Gasteiger partial charge is 0.484 e. The topological polar surface area (TPSA) is 74.0 Å². The number of anilines is 1. The molecule has 3 aromatic rings. The number of rotatable bonds is 7. The van der Waals surface area contributed by atoms with Crippen molar-refractivity contribution in [2.24, 2.45) is 0 Å². The molecule has 0 saturated heterocycles.